The Kier molecular flexibility index (Phi) is 20.3. The minimum atomic E-state index is -5.39. The molecule has 0 aromatic heterocycles. The monoisotopic (exact) mass is 322 g/mol. The van der Waals surface area contributed by atoms with Crippen molar-refractivity contribution in [2.45, 2.75) is 0 Å². The van der Waals surface area contributed by atoms with Crippen LogP contribution in [-0.4, -0.2) is 0 Å². The Labute approximate surface area is 126 Å². The van der Waals surface area contributed by atoms with Gasteiger partial charge in [-0.2, -0.15) is 15.6 Å². The average molecular weight is 322 g/mol. The second kappa shape index (κ2) is 10.1. The fourth-order valence-corrected chi connectivity index (χ4v) is 0. The molecule has 0 aromatic rings. The van der Waals surface area contributed by atoms with Gasteiger partial charge in [0.2, 0.25) is 0 Å². The van der Waals surface area contributed by atoms with Crippen molar-refractivity contribution >= 4 is 15.6 Å². The third kappa shape index (κ3) is 251. The molecule has 0 spiro atoms. The third-order valence-corrected chi connectivity index (χ3v) is 0. The van der Waals surface area contributed by atoms with Crippen LogP contribution in [0.25, 0.3) is 0 Å². The summed E-state index contributed by atoms with van der Waals surface area (Å²) >= 11 is 0. The molecule has 0 saturated carbocycles. The van der Waals surface area contributed by atoms with E-state index in [1.54, 1.807) is 0 Å². The molecule has 0 saturated heterocycles. The Morgan fingerprint density at radius 1 is 0.667 bits per heavy atom. The molecule has 0 unspecified atom stereocenters. The maximum Gasteiger partial charge on any atom is 5.00 e. The summed E-state index contributed by atoms with van der Waals surface area (Å²) in [7, 11) is -10.8. The molecule has 0 aromatic carbocycles. The summed E-state index contributed by atoms with van der Waals surface area (Å²) in [4.78, 5) is 51.3. The van der Waals surface area contributed by atoms with Crippen LogP contribution in [0, 0.1) is 0 Å². The van der Waals surface area contributed by atoms with E-state index >= 15 is 0 Å². The molecule has 12 heavy (non-hydrogen) atoms. The Bertz CT molecular complexity index is 129. The molecule has 0 aliphatic rings. The van der Waals surface area contributed by atoms with Crippen molar-refractivity contribution in [1.29, 1.82) is 0 Å². The molecule has 0 heterocycles. The van der Waals surface area contributed by atoms with Crippen molar-refractivity contribution in [2.24, 2.45) is 0 Å². The fourth-order valence-electron chi connectivity index (χ4n) is 0. The second-order valence-electron chi connectivity index (χ2n) is 0.894. The van der Waals surface area contributed by atoms with Crippen molar-refractivity contribution in [2.75, 3.05) is 0 Å². The van der Waals surface area contributed by atoms with Crippen LogP contribution in [-0.2, 0) is 31.5 Å². The second-order valence-corrected chi connectivity index (χ2v) is 2.68. The molecule has 0 rings (SSSR count). The fraction of sp³-hybridized carbons (Fsp3) is 0. The van der Waals surface area contributed by atoms with E-state index in [2.05, 4.69) is 0 Å². The Hall–Kier alpha value is 2.60. The van der Waals surface area contributed by atoms with E-state index in [1.165, 1.54) is 0 Å². The molecule has 0 aliphatic carbocycles. The first-order valence-electron chi connectivity index (χ1n) is 1.46. The quantitative estimate of drug-likeness (QED) is 0.312. The SMILES string of the molecule is O=P([O-])([O-])[O-].O=P([O-])([O-])[O-].[K+].[Nb+5]. The minimum absolute atomic E-state index is 0. The van der Waals surface area contributed by atoms with Gasteiger partial charge >= 0.3 is 73.8 Å². The zero-order valence-corrected chi connectivity index (χ0v) is 12.7. The Morgan fingerprint density at radius 3 is 0.667 bits per heavy atom. The van der Waals surface area contributed by atoms with Gasteiger partial charge in [0.25, 0.3) is 0 Å². The summed E-state index contributed by atoms with van der Waals surface area (Å²) in [5, 5.41) is 0. The molecule has 0 bridgehead atoms. The van der Waals surface area contributed by atoms with Crippen molar-refractivity contribution < 1.29 is 112 Å². The molecular weight excluding hydrogens is 322 g/mol. The predicted molar refractivity (Wildman–Crippen MR) is 15.2 cm³/mol. The molecule has 0 atom stereocenters. The summed E-state index contributed by atoms with van der Waals surface area (Å²) in [6, 6.07) is 0. The maximum absolute atomic E-state index is 8.55. The molecule has 0 radical (unpaired) electrons. The van der Waals surface area contributed by atoms with Crippen LogP contribution in [0.2, 0.25) is 0 Å². The molecule has 0 fully saturated rings. The number of hydrogen-bond donors (Lipinski definition) is 0. The van der Waals surface area contributed by atoms with Crippen LogP contribution in [0.5, 0.6) is 0 Å². The standard InChI is InChI=1S/K.Nb.2H3O4P/c;;2*1-5(2,3)4/h;;2*(H3,1,2,3,4)/q+1;+5;;/p-6. The molecule has 0 aliphatic heterocycles. The topological polar surface area (TPSA) is 172 Å². The van der Waals surface area contributed by atoms with Gasteiger partial charge in [0.05, 0.1) is 0 Å². The van der Waals surface area contributed by atoms with E-state index in [4.69, 9.17) is 38.5 Å². The molecule has 12 heteroatoms. The normalized spacial score (nSPS) is 9.83. The summed E-state index contributed by atoms with van der Waals surface area (Å²) in [5.41, 5.74) is 0. The van der Waals surface area contributed by atoms with E-state index in [0.29, 0.717) is 0 Å². The smallest absolute Gasteiger partial charge is 0.822 e. The van der Waals surface area contributed by atoms with Crippen LogP contribution < -0.4 is 80.7 Å². The van der Waals surface area contributed by atoms with Gasteiger partial charge in [-0.3, -0.25) is 0 Å². The van der Waals surface area contributed by atoms with E-state index in [1.807, 2.05) is 0 Å². The first kappa shape index (κ1) is 24.0. The van der Waals surface area contributed by atoms with Crippen molar-refractivity contribution in [3.63, 3.8) is 0 Å². The van der Waals surface area contributed by atoms with Crippen LogP contribution in [0.4, 0.5) is 0 Å². The van der Waals surface area contributed by atoms with Gasteiger partial charge in [-0.15, -0.1) is 0 Å². The van der Waals surface area contributed by atoms with E-state index < -0.39 is 15.6 Å². The van der Waals surface area contributed by atoms with Gasteiger partial charge in [-0.05, 0) is 0 Å². The van der Waals surface area contributed by atoms with E-state index in [0.717, 1.165) is 0 Å². The zero-order valence-electron chi connectivity index (χ0n) is 5.61. The van der Waals surface area contributed by atoms with E-state index in [9.17, 15) is 0 Å². The third-order valence-electron chi connectivity index (χ3n) is 0. The summed E-state index contributed by atoms with van der Waals surface area (Å²) in [5.74, 6) is 0. The average Bonchev–Trinajstić information content (AvgIpc) is 1.12. The van der Waals surface area contributed by atoms with Gasteiger partial charge in [-0.25, -0.2) is 0 Å². The number of hydrogen-bond acceptors (Lipinski definition) is 8. The summed E-state index contributed by atoms with van der Waals surface area (Å²) in [6.07, 6.45) is 0. The van der Waals surface area contributed by atoms with Crippen LogP contribution in [0.3, 0.4) is 0 Å². The maximum atomic E-state index is 8.55. The van der Waals surface area contributed by atoms with Gasteiger partial charge < -0.3 is 38.5 Å². The van der Waals surface area contributed by atoms with Crippen LogP contribution >= 0.6 is 15.6 Å². The number of phosphoric acid groups is 2. The van der Waals surface area contributed by atoms with Crippen molar-refractivity contribution in [3.8, 4) is 0 Å². The minimum Gasteiger partial charge on any atom is -0.822 e. The Balaban J connectivity index is -0.0000000457. The largest absolute Gasteiger partial charge is 5.00 e. The first-order chi connectivity index (χ1) is 4.00. The molecule has 0 N–H and O–H groups in total. The Morgan fingerprint density at radius 2 is 0.667 bits per heavy atom. The van der Waals surface area contributed by atoms with Gasteiger partial charge in [0.15, 0.2) is 0 Å². The van der Waals surface area contributed by atoms with Crippen molar-refractivity contribution in [1.82, 2.24) is 0 Å². The molecule has 8 nitrogen and oxygen atoms in total. The number of rotatable bonds is 0. The molecule has 0 amide bonds. The van der Waals surface area contributed by atoms with Crippen LogP contribution in [0.1, 0.15) is 0 Å². The first-order valence-corrected chi connectivity index (χ1v) is 4.38. The molecule has 64 valence electrons. The summed E-state index contributed by atoms with van der Waals surface area (Å²) < 4.78 is 17.1. The predicted octanol–water partition coefficient (Wildman–Crippen LogP) is -8.65. The zero-order chi connectivity index (χ0) is 9.00. The van der Waals surface area contributed by atoms with Gasteiger partial charge in [-0.1, -0.05) is 0 Å². The van der Waals surface area contributed by atoms with Gasteiger partial charge in [0, 0.05) is 0 Å². The van der Waals surface area contributed by atoms with Gasteiger partial charge in [0.1, 0.15) is 0 Å². The van der Waals surface area contributed by atoms with Crippen molar-refractivity contribution in [3.05, 3.63) is 0 Å². The van der Waals surface area contributed by atoms with Crippen LogP contribution in [0.15, 0.2) is 0 Å². The summed E-state index contributed by atoms with van der Waals surface area (Å²) in [6.45, 7) is 0. The molecular formula is KNbO8P2. The van der Waals surface area contributed by atoms with E-state index in [-0.39, 0.29) is 73.8 Å².